The molecule has 0 bridgehead atoms. The Balaban J connectivity index is 1.65. The summed E-state index contributed by atoms with van der Waals surface area (Å²) in [5, 5.41) is 10.3. The van der Waals surface area contributed by atoms with E-state index >= 15 is 0 Å². The molecule has 0 aromatic heterocycles. The highest BCUT2D eigenvalue weighted by molar-refractivity contribution is 5.69. The molecule has 0 radical (unpaired) electrons. The highest BCUT2D eigenvalue weighted by Gasteiger charge is 2.37. The number of methoxy groups -OCH3 is 1. The van der Waals surface area contributed by atoms with Gasteiger partial charge in [0.1, 0.15) is 11.4 Å². The molecule has 0 spiro atoms. The third-order valence-electron chi connectivity index (χ3n) is 4.23. The van der Waals surface area contributed by atoms with Gasteiger partial charge in [-0.05, 0) is 57.7 Å². The quantitative estimate of drug-likeness (QED) is 0.867. The molecule has 1 heterocycles. The largest absolute Gasteiger partial charge is 0.497 e. The fraction of sp³-hybridized carbons (Fsp3) is 0.632. The molecule has 1 saturated heterocycles. The number of rotatable bonds is 6. The van der Waals surface area contributed by atoms with Gasteiger partial charge in [-0.25, -0.2) is 4.79 Å². The summed E-state index contributed by atoms with van der Waals surface area (Å²) in [4.78, 5) is 13.5. The number of ether oxygens (including phenoxy) is 2. The van der Waals surface area contributed by atoms with E-state index in [1.165, 1.54) is 5.56 Å². The van der Waals surface area contributed by atoms with Crippen molar-refractivity contribution in [2.45, 2.75) is 51.7 Å². The molecule has 1 fully saturated rings. The maximum absolute atomic E-state index is 11.9. The van der Waals surface area contributed by atoms with Crippen molar-refractivity contribution in [3.63, 3.8) is 0 Å². The van der Waals surface area contributed by atoms with Crippen molar-refractivity contribution in [1.29, 1.82) is 0 Å². The molecule has 1 aliphatic heterocycles. The SMILES string of the molecule is COc1ccc(CCCC(O)C2CN(C(=O)OC(C)(C)C)C2)cc1. The Bertz CT molecular complexity index is 529. The summed E-state index contributed by atoms with van der Waals surface area (Å²) in [5.41, 5.74) is 0.770. The molecule has 2 rings (SSSR count). The number of hydrogen-bond acceptors (Lipinski definition) is 4. The lowest BCUT2D eigenvalue weighted by atomic mass is 9.90. The second kappa shape index (κ2) is 7.88. The van der Waals surface area contributed by atoms with Gasteiger partial charge in [0.2, 0.25) is 0 Å². The highest BCUT2D eigenvalue weighted by Crippen LogP contribution is 2.25. The van der Waals surface area contributed by atoms with Crippen molar-refractivity contribution in [2.75, 3.05) is 20.2 Å². The summed E-state index contributed by atoms with van der Waals surface area (Å²) in [6.07, 6.45) is 1.96. The number of aliphatic hydroxyl groups excluding tert-OH is 1. The third kappa shape index (κ3) is 5.41. The van der Waals surface area contributed by atoms with Gasteiger partial charge in [-0.15, -0.1) is 0 Å². The van der Waals surface area contributed by atoms with Gasteiger partial charge >= 0.3 is 6.09 Å². The van der Waals surface area contributed by atoms with E-state index in [1.807, 2.05) is 32.9 Å². The van der Waals surface area contributed by atoms with Gasteiger partial charge in [0.15, 0.2) is 0 Å². The highest BCUT2D eigenvalue weighted by atomic mass is 16.6. The lowest BCUT2D eigenvalue weighted by Gasteiger charge is -2.42. The molecule has 1 atom stereocenters. The summed E-state index contributed by atoms with van der Waals surface area (Å²) in [6, 6.07) is 8.02. The predicted octanol–water partition coefficient (Wildman–Crippen LogP) is 3.25. The van der Waals surface area contributed by atoms with Crippen LogP contribution in [0.2, 0.25) is 0 Å². The van der Waals surface area contributed by atoms with Crippen LogP contribution >= 0.6 is 0 Å². The average molecular weight is 335 g/mol. The molecule has 134 valence electrons. The molecular weight excluding hydrogens is 306 g/mol. The summed E-state index contributed by atoms with van der Waals surface area (Å²) >= 11 is 0. The van der Waals surface area contributed by atoms with Crippen LogP contribution in [0.1, 0.15) is 39.2 Å². The fourth-order valence-electron chi connectivity index (χ4n) is 2.77. The zero-order valence-corrected chi connectivity index (χ0v) is 15.1. The van der Waals surface area contributed by atoms with Gasteiger partial charge in [0, 0.05) is 19.0 Å². The number of nitrogens with zero attached hydrogens (tertiary/aromatic N) is 1. The molecule has 24 heavy (non-hydrogen) atoms. The van der Waals surface area contributed by atoms with Crippen LogP contribution in [0.15, 0.2) is 24.3 Å². The zero-order valence-electron chi connectivity index (χ0n) is 15.1. The van der Waals surface area contributed by atoms with E-state index < -0.39 is 5.60 Å². The van der Waals surface area contributed by atoms with Crippen molar-refractivity contribution in [3.05, 3.63) is 29.8 Å². The van der Waals surface area contributed by atoms with Crippen molar-refractivity contribution in [3.8, 4) is 5.75 Å². The summed E-state index contributed by atoms with van der Waals surface area (Å²) in [5.74, 6) is 1.02. The second-order valence-electron chi connectivity index (χ2n) is 7.45. The molecular formula is C19H29NO4. The number of amides is 1. The van der Waals surface area contributed by atoms with Crippen LogP contribution in [0.5, 0.6) is 5.75 Å². The number of carbonyl (C=O) groups excluding carboxylic acids is 1. The lowest BCUT2D eigenvalue weighted by molar-refractivity contribution is -0.0326. The number of likely N-dealkylation sites (tertiary alicyclic amines) is 1. The number of hydrogen-bond donors (Lipinski definition) is 1. The molecule has 1 aromatic rings. The van der Waals surface area contributed by atoms with Gasteiger partial charge in [-0.2, -0.15) is 0 Å². The maximum Gasteiger partial charge on any atom is 0.410 e. The Morgan fingerprint density at radius 1 is 1.29 bits per heavy atom. The Hall–Kier alpha value is -1.75. The molecule has 1 aromatic carbocycles. The van der Waals surface area contributed by atoms with Crippen LogP contribution in [0.4, 0.5) is 4.79 Å². The average Bonchev–Trinajstić information content (AvgIpc) is 2.44. The second-order valence-corrected chi connectivity index (χ2v) is 7.45. The topological polar surface area (TPSA) is 59.0 Å². The third-order valence-corrected chi connectivity index (χ3v) is 4.23. The number of benzene rings is 1. The van der Waals surface area contributed by atoms with Crippen LogP contribution in [0, 0.1) is 5.92 Å². The van der Waals surface area contributed by atoms with E-state index in [4.69, 9.17) is 9.47 Å². The van der Waals surface area contributed by atoms with Crippen LogP contribution in [0.25, 0.3) is 0 Å². The molecule has 0 saturated carbocycles. The minimum absolute atomic E-state index is 0.161. The van der Waals surface area contributed by atoms with Crippen molar-refractivity contribution in [2.24, 2.45) is 5.92 Å². The van der Waals surface area contributed by atoms with E-state index in [1.54, 1.807) is 12.0 Å². The Kier molecular flexibility index (Phi) is 6.10. The van der Waals surface area contributed by atoms with Gasteiger partial charge in [0.25, 0.3) is 0 Å². The van der Waals surface area contributed by atoms with Crippen LogP contribution < -0.4 is 4.74 Å². The van der Waals surface area contributed by atoms with E-state index in [-0.39, 0.29) is 18.1 Å². The van der Waals surface area contributed by atoms with E-state index in [9.17, 15) is 9.90 Å². The minimum atomic E-state index is -0.473. The van der Waals surface area contributed by atoms with Crippen molar-refractivity contribution < 1.29 is 19.4 Å². The van der Waals surface area contributed by atoms with Gasteiger partial charge < -0.3 is 19.5 Å². The molecule has 5 heteroatoms. The first-order valence-corrected chi connectivity index (χ1v) is 8.57. The number of aryl methyl sites for hydroxylation is 1. The van der Waals surface area contributed by atoms with Crippen LogP contribution in [0.3, 0.4) is 0 Å². The number of carbonyl (C=O) groups is 1. The Labute approximate surface area is 144 Å². The first-order valence-electron chi connectivity index (χ1n) is 8.57. The van der Waals surface area contributed by atoms with Crippen molar-refractivity contribution in [1.82, 2.24) is 4.90 Å². The number of aliphatic hydroxyl groups is 1. The fourth-order valence-corrected chi connectivity index (χ4v) is 2.77. The standard InChI is InChI=1S/C19H29NO4/c1-19(2,3)24-18(22)20-12-15(13-20)17(21)7-5-6-14-8-10-16(23-4)11-9-14/h8-11,15,17,21H,5-7,12-13H2,1-4H3. The molecule has 0 aliphatic carbocycles. The predicted molar refractivity (Wildman–Crippen MR) is 93.2 cm³/mol. The molecule has 1 N–H and O–H groups in total. The first kappa shape index (κ1) is 18.6. The monoisotopic (exact) mass is 335 g/mol. The van der Waals surface area contributed by atoms with E-state index in [0.29, 0.717) is 13.1 Å². The lowest BCUT2D eigenvalue weighted by Crippen LogP contribution is -2.55. The van der Waals surface area contributed by atoms with Crippen molar-refractivity contribution >= 4 is 6.09 Å². The first-order chi connectivity index (χ1) is 11.3. The molecule has 5 nitrogen and oxygen atoms in total. The van der Waals surface area contributed by atoms with Gasteiger partial charge in [-0.3, -0.25) is 0 Å². The van der Waals surface area contributed by atoms with Crippen LogP contribution in [-0.2, 0) is 11.2 Å². The summed E-state index contributed by atoms with van der Waals surface area (Å²) in [7, 11) is 1.66. The van der Waals surface area contributed by atoms with E-state index in [2.05, 4.69) is 12.1 Å². The molecule has 1 amide bonds. The Morgan fingerprint density at radius 2 is 1.92 bits per heavy atom. The summed E-state index contributed by atoms with van der Waals surface area (Å²) in [6.45, 7) is 6.74. The van der Waals surface area contributed by atoms with E-state index in [0.717, 1.165) is 25.0 Å². The van der Waals surface area contributed by atoms with Crippen LogP contribution in [-0.4, -0.2) is 48.0 Å². The molecule has 1 aliphatic rings. The molecule has 1 unspecified atom stereocenters. The maximum atomic E-state index is 11.9. The summed E-state index contributed by atoms with van der Waals surface area (Å²) < 4.78 is 10.5. The van der Waals surface area contributed by atoms with Gasteiger partial charge in [-0.1, -0.05) is 12.1 Å². The minimum Gasteiger partial charge on any atom is -0.497 e. The Morgan fingerprint density at radius 3 is 2.46 bits per heavy atom. The smallest absolute Gasteiger partial charge is 0.410 e. The zero-order chi connectivity index (χ0) is 17.7. The normalized spacial score (nSPS) is 16.5. The van der Waals surface area contributed by atoms with Gasteiger partial charge in [0.05, 0.1) is 13.2 Å².